The van der Waals surface area contributed by atoms with Crippen molar-refractivity contribution in [2.75, 3.05) is 0 Å². The standard InChI is InChI=1S/C14H13Cl2NO4/c1-6-11(18)12(19)14(21-6)17-3-2-7-4-9(15)10(16)5-8(7)13(17)20/h2-6,11-12,14,18-19H,1H3. The van der Waals surface area contributed by atoms with E-state index in [9.17, 15) is 15.0 Å². The van der Waals surface area contributed by atoms with Gasteiger partial charge < -0.3 is 14.9 Å². The number of nitrogens with zero attached hydrogens (tertiary/aromatic N) is 1. The van der Waals surface area contributed by atoms with E-state index in [0.29, 0.717) is 15.8 Å². The maximum Gasteiger partial charge on any atom is 0.260 e. The molecule has 1 aliphatic rings. The molecule has 2 aromatic rings. The zero-order valence-corrected chi connectivity index (χ0v) is 12.5. The number of ether oxygens (including phenoxy) is 1. The van der Waals surface area contributed by atoms with Crippen molar-refractivity contribution in [2.24, 2.45) is 0 Å². The van der Waals surface area contributed by atoms with Gasteiger partial charge >= 0.3 is 0 Å². The van der Waals surface area contributed by atoms with Gasteiger partial charge in [-0.15, -0.1) is 0 Å². The van der Waals surface area contributed by atoms with Crippen molar-refractivity contribution in [1.82, 2.24) is 4.57 Å². The van der Waals surface area contributed by atoms with E-state index in [1.54, 1.807) is 19.1 Å². The highest BCUT2D eigenvalue weighted by molar-refractivity contribution is 6.42. The van der Waals surface area contributed by atoms with Crippen LogP contribution in [0.3, 0.4) is 0 Å². The lowest BCUT2D eigenvalue weighted by molar-refractivity contribution is -0.0339. The summed E-state index contributed by atoms with van der Waals surface area (Å²) in [6.45, 7) is 1.64. The summed E-state index contributed by atoms with van der Waals surface area (Å²) in [5.74, 6) is 0. The number of hydrogen-bond acceptors (Lipinski definition) is 4. The summed E-state index contributed by atoms with van der Waals surface area (Å²) in [5, 5.41) is 21.4. The number of aromatic nitrogens is 1. The van der Waals surface area contributed by atoms with E-state index in [0.717, 1.165) is 0 Å². The highest BCUT2D eigenvalue weighted by Gasteiger charge is 2.41. The Morgan fingerprint density at radius 1 is 1.19 bits per heavy atom. The predicted molar refractivity (Wildman–Crippen MR) is 79.8 cm³/mol. The van der Waals surface area contributed by atoms with Crippen LogP contribution in [0.4, 0.5) is 0 Å². The van der Waals surface area contributed by atoms with E-state index in [-0.39, 0.29) is 10.6 Å². The quantitative estimate of drug-likeness (QED) is 0.838. The second-order valence-electron chi connectivity index (χ2n) is 5.09. The van der Waals surface area contributed by atoms with Crippen molar-refractivity contribution in [3.05, 3.63) is 44.8 Å². The molecule has 0 spiro atoms. The Balaban J connectivity index is 2.15. The van der Waals surface area contributed by atoms with E-state index in [2.05, 4.69) is 0 Å². The minimum atomic E-state index is -1.17. The number of fused-ring (bicyclic) bond motifs is 1. The molecule has 7 heteroatoms. The van der Waals surface area contributed by atoms with E-state index in [4.69, 9.17) is 27.9 Å². The molecule has 1 aliphatic heterocycles. The van der Waals surface area contributed by atoms with Crippen molar-refractivity contribution in [3.63, 3.8) is 0 Å². The van der Waals surface area contributed by atoms with Crippen LogP contribution in [0.15, 0.2) is 29.2 Å². The first-order valence-corrected chi connectivity index (χ1v) is 7.17. The molecule has 1 aromatic carbocycles. The van der Waals surface area contributed by atoms with E-state index >= 15 is 0 Å². The van der Waals surface area contributed by atoms with Gasteiger partial charge in [-0.1, -0.05) is 23.2 Å². The van der Waals surface area contributed by atoms with Gasteiger partial charge in [-0.25, -0.2) is 0 Å². The highest BCUT2D eigenvalue weighted by atomic mass is 35.5. The fourth-order valence-electron chi connectivity index (χ4n) is 2.51. The summed E-state index contributed by atoms with van der Waals surface area (Å²) in [7, 11) is 0. The normalized spacial score (nSPS) is 29.2. The third kappa shape index (κ3) is 2.35. The Kier molecular flexibility index (Phi) is 3.71. The first kappa shape index (κ1) is 14.8. The van der Waals surface area contributed by atoms with Gasteiger partial charge in [0.15, 0.2) is 6.23 Å². The molecule has 2 N–H and O–H groups in total. The molecule has 0 saturated carbocycles. The maximum atomic E-state index is 12.5. The minimum Gasteiger partial charge on any atom is -0.388 e. The summed E-state index contributed by atoms with van der Waals surface area (Å²) in [6, 6.07) is 4.78. The molecular weight excluding hydrogens is 317 g/mol. The third-order valence-electron chi connectivity index (χ3n) is 3.72. The molecule has 2 heterocycles. The summed E-state index contributed by atoms with van der Waals surface area (Å²) in [4.78, 5) is 12.5. The van der Waals surface area contributed by atoms with Crippen LogP contribution in [0.1, 0.15) is 13.2 Å². The molecule has 21 heavy (non-hydrogen) atoms. The first-order chi connectivity index (χ1) is 9.90. The summed E-state index contributed by atoms with van der Waals surface area (Å²) in [6.07, 6.45) is -2.18. The second kappa shape index (κ2) is 5.26. The van der Waals surface area contributed by atoms with Crippen LogP contribution in [-0.4, -0.2) is 33.1 Å². The van der Waals surface area contributed by atoms with Gasteiger partial charge in [0.1, 0.15) is 12.2 Å². The molecule has 0 bridgehead atoms. The van der Waals surface area contributed by atoms with Gasteiger partial charge in [0.25, 0.3) is 5.56 Å². The van der Waals surface area contributed by atoms with Crippen molar-refractivity contribution in [2.45, 2.75) is 31.5 Å². The molecule has 112 valence electrons. The molecule has 4 unspecified atom stereocenters. The first-order valence-electron chi connectivity index (χ1n) is 6.41. The Bertz CT molecular complexity index is 760. The maximum absolute atomic E-state index is 12.5. The van der Waals surface area contributed by atoms with Crippen molar-refractivity contribution >= 4 is 34.0 Å². The number of aliphatic hydroxyl groups is 2. The van der Waals surface area contributed by atoms with Crippen LogP contribution >= 0.6 is 23.2 Å². The zero-order valence-electron chi connectivity index (χ0n) is 11.0. The highest BCUT2D eigenvalue weighted by Crippen LogP contribution is 2.30. The average molecular weight is 330 g/mol. The van der Waals surface area contributed by atoms with Gasteiger partial charge in [-0.05, 0) is 30.5 Å². The van der Waals surface area contributed by atoms with E-state index in [1.807, 2.05) is 0 Å². The summed E-state index contributed by atoms with van der Waals surface area (Å²) in [5.41, 5.74) is -0.364. The molecule has 3 rings (SSSR count). The Hall–Kier alpha value is -1.11. The summed E-state index contributed by atoms with van der Waals surface area (Å²) < 4.78 is 6.71. The van der Waals surface area contributed by atoms with Gasteiger partial charge in [0.05, 0.1) is 16.1 Å². The lowest BCUT2D eigenvalue weighted by atomic mass is 10.1. The zero-order chi connectivity index (χ0) is 15.3. The second-order valence-corrected chi connectivity index (χ2v) is 5.91. The van der Waals surface area contributed by atoms with Crippen LogP contribution in [0, 0.1) is 0 Å². The minimum absolute atomic E-state index is 0.278. The number of aliphatic hydroxyl groups excluding tert-OH is 2. The van der Waals surface area contributed by atoms with Crippen molar-refractivity contribution in [3.8, 4) is 0 Å². The lowest BCUT2D eigenvalue weighted by Crippen LogP contribution is -2.34. The molecular formula is C14H13Cl2NO4. The van der Waals surface area contributed by atoms with E-state index < -0.39 is 24.5 Å². The Morgan fingerprint density at radius 2 is 1.86 bits per heavy atom. The van der Waals surface area contributed by atoms with Crippen molar-refractivity contribution in [1.29, 1.82) is 0 Å². The lowest BCUT2D eigenvalue weighted by Gasteiger charge is -2.18. The van der Waals surface area contributed by atoms with Crippen LogP contribution in [0.5, 0.6) is 0 Å². The predicted octanol–water partition coefficient (Wildman–Crippen LogP) is 1.95. The average Bonchev–Trinajstić information content (AvgIpc) is 2.69. The fraction of sp³-hybridized carbons (Fsp3) is 0.357. The number of halogens is 2. The van der Waals surface area contributed by atoms with Gasteiger partial charge in [-0.2, -0.15) is 0 Å². The molecule has 4 atom stereocenters. The molecule has 0 amide bonds. The van der Waals surface area contributed by atoms with Crippen LogP contribution in [0.25, 0.3) is 10.8 Å². The van der Waals surface area contributed by atoms with Crippen LogP contribution < -0.4 is 5.56 Å². The smallest absolute Gasteiger partial charge is 0.260 e. The van der Waals surface area contributed by atoms with Crippen molar-refractivity contribution < 1.29 is 14.9 Å². The molecule has 5 nitrogen and oxygen atoms in total. The number of pyridine rings is 1. The fourth-order valence-corrected chi connectivity index (χ4v) is 2.85. The number of hydrogen-bond donors (Lipinski definition) is 2. The van der Waals surface area contributed by atoms with Gasteiger partial charge in [0.2, 0.25) is 0 Å². The molecule has 1 aromatic heterocycles. The largest absolute Gasteiger partial charge is 0.388 e. The molecule has 0 radical (unpaired) electrons. The monoisotopic (exact) mass is 329 g/mol. The topological polar surface area (TPSA) is 71.7 Å². The molecule has 1 fully saturated rings. The SMILES string of the molecule is CC1OC(n2ccc3cc(Cl)c(Cl)cc3c2=O)C(O)C1O. The Labute approximate surface area is 130 Å². The third-order valence-corrected chi connectivity index (χ3v) is 4.45. The Morgan fingerprint density at radius 3 is 2.48 bits per heavy atom. The molecule has 0 aliphatic carbocycles. The van der Waals surface area contributed by atoms with Crippen LogP contribution in [0.2, 0.25) is 10.0 Å². The number of benzene rings is 1. The van der Waals surface area contributed by atoms with Gasteiger partial charge in [-0.3, -0.25) is 9.36 Å². The van der Waals surface area contributed by atoms with Gasteiger partial charge in [0, 0.05) is 11.6 Å². The van der Waals surface area contributed by atoms with Crippen LogP contribution in [-0.2, 0) is 4.74 Å². The summed E-state index contributed by atoms with van der Waals surface area (Å²) >= 11 is 11.9. The molecule has 1 saturated heterocycles. The van der Waals surface area contributed by atoms with E-state index in [1.165, 1.54) is 16.8 Å². The number of rotatable bonds is 1.